The van der Waals surface area contributed by atoms with Gasteiger partial charge in [-0.2, -0.15) is 0 Å². The molecule has 0 aliphatic carbocycles. The van der Waals surface area contributed by atoms with Crippen molar-refractivity contribution in [2.75, 3.05) is 0 Å². The average Bonchev–Trinajstić information content (AvgIpc) is 2.57. The Kier molecular flexibility index (Phi) is 2.04. The minimum Gasteiger partial charge on any atom is -0.334 e. The maximum Gasteiger partial charge on any atom is 0.169 e. The second-order valence-electron chi connectivity index (χ2n) is 2.96. The van der Waals surface area contributed by atoms with Gasteiger partial charge in [0.1, 0.15) is 5.82 Å². The monoisotopic (exact) mass is 194 g/mol. The first-order chi connectivity index (χ1) is 6.70. The number of halogens is 2. The molecule has 0 unspecified atom stereocenters. The third-order valence-corrected chi connectivity index (χ3v) is 2.01. The van der Waals surface area contributed by atoms with E-state index in [4.69, 9.17) is 0 Å². The van der Waals surface area contributed by atoms with E-state index in [0.29, 0.717) is 5.82 Å². The first-order valence-electron chi connectivity index (χ1n) is 4.12. The molecule has 0 atom stereocenters. The van der Waals surface area contributed by atoms with Gasteiger partial charge in [0.15, 0.2) is 11.6 Å². The molecule has 0 saturated carbocycles. The number of rotatable bonds is 1. The number of hydrogen-bond donors (Lipinski definition) is 0. The summed E-state index contributed by atoms with van der Waals surface area (Å²) in [6.07, 6.45) is 3.22. The zero-order chi connectivity index (χ0) is 10.1. The summed E-state index contributed by atoms with van der Waals surface area (Å²) in [5, 5.41) is 0. The molecular formula is C10H8F2N2. The lowest BCUT2D eigenvalue weighted by Gasteiger charge is -2.03. The van der Waals surface area contributed by atoms with Crippen LogP contribution in [0.25, 0.3) is 11.4 Å². The Hall–Kier alpha value is -1.71. The molecule has 2 nitrogen and oxygen atoms in total. The number of imidazole rings is 1. The van der Waals surface area contributed by atoms with Crippen molar-refractivity contribution in [3.8, 4) is 11.4 Å². The number of aromatic nitrogens is 2. The molecule has 0 aliphatic heterocycles. The third kappa shape index (κ3) is 1.28. The van der Waals surface area contributed by atoms with E-state index >= 15 is 0 Å². The minimum atomic E-state index is -0.859. The van der Waals surface area contributed by atoms with Gasteiger partial charge in [0.2, 0.25) is 0 Å². The molecule has 0 amide bonds. The smallest absolute Gasteiger partial charge is 0.169 e. The number of benzene rings is 1. The first-order valence-corrected chi connectivity index (χ1v) is 4.12. The van der Waals surface area contributed by atoms with Crippen LogP contribution < -0.4 is 0 Å². The predicted octanol–water partition coefficient (Wildman–Crippen LogP) is 2.37. The summed E-state index contributed by atoms with van der Waals surface area (Å²) in [6.45, 7) is 0. The van der Waals surface area contributed by atoms with Crippen LogP contribution >= 0.6 is 0 Å². The van der Waals surface area contributed by atoms with E-state index in [0.717, 1.165) is 6.07 Å². The quantitative estimate of drug-likeness (QED) is 0.681. The highest BCUT2D eigenvalue weighted by Gasteiger charge is 2.12. The fourth-order valence-corrected chi connectivity index (χ4v) is 1.30. The fourth-order valence-electron chi connectivity index (χ4n) is 1.30. The van der Waals surface area contributed by atoms with Gasteiger partial charge in [0.25, 0.3) is 0 Å². The molecule has 0 N–H and O–H groups in total. The molecule has 72 valence electrons. The summed E-state index contributed by atoms with van der Waals surface area (Å²) in [6, 6.07) is 4.05. The highest BCUT2D eigenvalue weighted by atomic mass is 19.2. The maximum absolute atomic E-state index is 13.3. The van der Waals surface area contributed by atoms with Crippen LogP contribution in [0.2, 0.25) is 0 Å². The van der Waals surface area contributed by atoms with Crippen molar-refractivity contribution < 1.29 is 8.78 Å². The molecule has 1 heterocycles. The summed E-state index contributed by atoms with van der Waals surface area (Å²) in [7, 11) is 1.73. The number of nitrogens with zero attached hydrogens (tertiary/aromatic N) is 2. The standard InChI is InChI=1S/C10H8F2N2/c1-14-6-5-13-10(14)7-3-2-4-8(11)9(7)12/h2-6H,1H3. The maximum atomic E-state index is 13.3. The number of hydrogen-bond acceptors (Lipinski definition) is 1. The Morgan fingerprint density at radius 2 is 2.07 bits per heavy atom. The second kappa shape index (κ2) is 3.21. The molecule has 0 bridgehead atoms. The average molecular weight is 194 g/mol. The van der Waals surface area contributed by atoms with Gasteiger partial charge in [0, 0.05) is 19.4 Å². The van der Waals surface area contributed by atoms with E-state index in [1.165, 1.54) is 12.1 Å². The molecule has 1 aromatic heterocycles. The van der Waals surface area contributed by atoms with Gasteiger partial charge in [-0.1, -0.05) is 6.07 Å². The van der Waals surface area contributed by atoms with Crippen LogP contribution in [0.3, 0.4) is 0 Å². The van der Waals surface area contributed by atoms with Crippen molar-refractivity contribution in [1.82, 2.24) is 9.55 Å². The van der Waals surface area contributed by atoms with Gasteiger partial charge in [-0.05, 0) is 12.1 Å². The Balaban J connectivity index is 2.63. The molecule has 0 saturated heterocycles. The molecule has 0 radical (unpaired) electrons. The lowest BCUT2D eigenvalue weighted by molar-refractivity contribution is 0.510. The molecule has 0 spiro atoms. The van der Waals surface area contributed by atoms with Crippen molar-refractivity contribution >= 4 is 0 Å². The molecule has 2 rings (SSSR count). The fraction of sp³-hybridized carbons (Fsp3) is 0.100. The third-order valence-electron chi connectivity index (χ3n) is 2.01. The van der Waals surface area contributed by atoms with Crippen LogP contribution in [0.5, 0.6) is 0 Å². The van der Waals surface area contributed by atoms with Crippen LogP contribution in [-0.4, -0.2) is 9.55 Å². The van der Waals surface area contributed by atoms with Gasteiger partial charge in [-0.15, -0.1) is 0 Å². The first kappa shape index (κ1) is 8.87. The van der Waals surface area contributed by atoms with E-state index in [1.807, 2.05) is 0 Å². The Morgan fingerprint density at radius 1 is 1.29 bits per heavy atom. The normalized spacial score (nSPS) is 10.5. The highest BCUT2D eigenvalue weighted by molar-refractivity contribution is 5.56. The summed E-state index contributed by atoms with van der Waals surface area (Å²) < 4.78 is 27.8. The van der Waals surface area contributed by atoms with E-state index < -0.39 is 11.6 Å². The van der Waals surface area contributed by atoms with Gasteiger partial charge < -0.3 is 4.57 Å². The topological polar surface area (TPSA) is 17.8 Å². The van der Waals surface area contributed by atoms with Gasteiger partial charge in [-0.25, -0.2) is 13.8 Å². The van der Waals surface area contributed by atoms with Crippen LogP contribution in [0, 0.1) is 11.6 Å². The summed E-state index contributed by atoms with van der Waals surface area (Å²) in [5.41, 5.74) is 0.178. The zero-order valence-electron chi connectivity index (χ0n) is 7.54. The van der Waals surface area contributed by atoms with E-state index in [-0.39, 0.29) is 5.56 Å². The number of aryl methyl sites for hydroxylation is 1. The zero-order valence-corrected chi connectivity index (χ0v) is 7.54. The predicted molar refractivity (Wildman–Crippen MR) is 48.6 cm³/mol. The molecule has 0 fully saturated rings. The van der Waals surface area contributed by atoms with Gasteiger partial charge >= 0.3 is 0 Å². The second-order valence-corrected chi connectivity index (χ2v) is 2.96. The highest BCUT2D eigenvalue weighted by Crippen LogP contribution is 2.21. The minimum absolute atomic E-state index is 0.178. The summed E-state index contributed by atoms with van der Waals surface area (Å²) in [4.78, 5) is 3.94. The lowest BCUT2D eigenvalue weighted by atomic mass is 10.2. The molecular weight excluding hydrogens is 186 g/mol. The Labute approximate surface area is 79.8 Å². The molecule has 4 heteroatoms. The van der Waals surface area contributed by atoms with Crippen molar-refractivity contribution in [2.45, 2.75) is 0 Å². The SMILES string of the molecule is Cn1ccnc1-c1cccc(F)c1F. The van der Waals surface area contributed by atoms with Crippen molar-refractivity contribution in [1.29, 1.82) is 0 Å². The van der Waals surface area contributed by atoms with Gasteiger partial charge in [0.05, 0.1) is 5.56 Å². The van der Waals surface area contributed by atoms with E-state index in [2.05, 4.69) is 4.98 Å². The van der Waals surface area contributed by atoms with Crippen LogP contribution in [-0.2, 0) is 7.05 Å². The largest absolute Gasteiger partial charge is 0.334 e. The molecule has 0 aliphatic rings. The van der Waals surface area contributed by atoms with E-state index in [1.54, 1.807) is 24.0 Å². The Bertz CT molecular complexity index is 463. The van der Waals surface area contributed by atoms with Crippen LogP contribution in [0.4, 0.5) is 8.78 Å². The van der Waals surface area contributed by atoms with E-state index in [9.17, 15) is 8.78 Å². The molecule has 2 aromatic rings. The van der Waals surface area contributed by atoms with Gasteiger partial charge in [-0.3, -0.25) is 0 Å². The summed E-state index contributed by atoms with van der Waals surface area (Å²) in [5.74, 6) is -1.30. The summed E-state index contributed by atoms with van der Waals surface area (Å²) >= 11 is 0. The van der Waals surface area contributed by atoms with Crippen molar-refractivity contribution in [3.63, 3.8) is 0 Å². The van der Waals surface area contributed by atoms with Crippen molar-refractivity contribution in [3.05, 3.63) is 42.2 Å². The van der Waals surface area contributed by atoms with Crippen LogP contribution in [0.15, 0.2) is 30.6 Å². The van der Waals surface area contributed by atoms with Crippen molar-refractivity contribution in [2.24, 2.45) is 7.05 Å². The Morgan fingerprint density at radius 3 is 2.71 bits per heavy atom. The molecule has 14 heavy (non-hydrogen) atoms. The molecule has 1 aromatic carbocycles. The van der Waals surface area contributed by atoms with Crippen LogP contribution in [0.1, 0.15) is 0 Å². The lowest BCUT2D eigenvalue weighted by Crippen LogP contribution is -1.95.